The molecule has 1 heterocycles. The predicted molar refractivity (Wildman–Crippen MR) is 116 cm³/mol. The van der Waals surface area contributed by atoms with Gasteiger partial charge in [0.2, 0.25) is 0 Å². The number of hydrogen-bond acceptors (Lipinski definition) is 4. The van der Waals surface area contributed by atoms with Crippen molar-refractivity contribution in [2.45, 2.75) is 13.5 Å². The molecule has 2 aromatic rings. The fourth-order valence-corrected chi connectivity index (χ4v) is 3.58. The largest absolute Gasteiger partial charge is 0.369 e. The number of nitrogens with one attached hydrogen (secondary N) is 1. The molecule has 2 aromatic carbocycles. The van der Waals surface area contributed by atoms with Crippen LogP contribution in [0.4, 0.5) is 5.69 Å². The molecular weight excluding hydrogens is 348 g/mol. The molecule has 0 aromatic heterocycles. The van der Waals surface area contributed by atoms with Gasteiger partial charge < -0.3 is 15.1 Å². The molecule has 0 radical (unpaired) electrons. The van der Waals surface area contributed by atoms with E-state index < -0.39 is 0 Å². The van der Waals surface area contributed by atoms with E-state index in [9.17, 15) is 4.79 Å². The third kappa shape index (κ3) is 5.57. The molecule has 1 aliphatic heterocycles. The smallest absolute Gasteiger partial charge is 0.251 e. The van der Waals surface area contributed by atoms with Crippen LogP contribution in [0.3, 0.4) is 0 Å². The summed E-state index contributed by atoms with van der Waals surface area (Å²) in [7, 11) is 4.00. The summed E-state index contributed by atoms with van der Waals surface area (Å²) in [6, 6.07) is 16.6. The van der Waals surface area contributed by atoms with Gasteiger partial charge in [-0.15, -0.1) is 0 Å². The Morgan fingerprint density at radius 2 is 1.68 bits per heavy atom. The molecule has 0 saturated carbocycles. The molecule has 28 heavy (non-hydrogen) atoms. The zero-order valence-electron chi connectivity index (χ0n) is 17.3. The van der Waals surface area contributed by atoms with Crippen molar-refractivity contribution in [3.63, 3.8) is 0 Å². The van der Waals surface area contributed by atoms with Gasteiger partial charge in [-0.1, -0.05) is 30.3 Å². The Labute approximate surface area is 168 Å². The van der Waals surface area contributed by atoms with Gasteiger partial charge in [-0.05, 0) is 50.3 Å². The quantitative estimate of drug-likeness (QED) is 0.801. The maximum absolute atomic E-state index is 12.2. The molecule has 0 atom stereocenters. The van der Waals surface area contributed by atoms with Gasteiger partial charge in [0.15, 0.2) is 0 Å². The fraction of sp³-hybridized carbons (Fsp3) is 0.435. The molecule has 0 bridgehead atoms. The van der Waals surface area contributed by atoms with Crippen molar-refractivity contribution in [3.8, 4) is 0 Å². The van der Waals surface area contributed by atoms with E-state index in [2.05, 4.69) is 63.3 Å². The van der Waals surface area contributed by atoms with Gasteiger partial charge in [0, 0.05) is 57.1 Å². The fourth-order valence-electron chi connectivity index (χ4n) is 3.58. The summed E-state index contributed by atoms with van der Waals surface area (Å²) in [6.45, 7) is 8.85. The number of rotatable bonds is 7. The van der Waals surface area contributed by atoms with E-state index in [-0.39, 0.29) is 5.91 Å². The monoisotopic (exact) mass is 380 g/mol. The summed E-state index contributed by atoms with van der Waals surface area (Å²) in [5, 5.41) is 2.96. The lowest BCUT2D eigenvalue weighted by Gasteiger charge is -2.36. The van der Waals surface area contributed by atoms with E-state index in [1.54, 1.807) is 0 Å². The molecule has 1 fully saturated rings. The molecule has 1 saturated heterocycles. The highest BCUT2D eigenvalue weighted by Gasteiger charge is 2.18. The zero-order chi connectivity index (χ0) is 19.9. The maximum Gasteiger partial charge on any atom is 0.251 e. The second-order valence-electron chi connectivity index (χ2n) is 7.81. The van der Waals surface area contributed by atoms with Gasteiger partial charge in [-0.3, -0.25) is 9.69 Å². The first-order chi connectivity index (χ1) is 13.5. The van der Waals surface area contributed by atoms with E-state index in [0.717, 1.165) is 44.8 Å². The van der Waals surface area contributed by atoms with Crippen LogP contribution in [0.15, 0.2) is 48.5 Å². The number of amides is 1. The molecular formula is C23H32N4O. The van der Waals surface area contributed by atoms with Crippen LogP contribution < -0.4 is 10.2 Å². The first kappa shape index (κ1) is 20.4. The number of benzene rings is 2. The van der Waals surface area contributed by atoms with Crippen LogP contribution in [-0.2, 0) is 6.54 Å². The molecule has 150 valence electrons. The minimum absolute atomic E-state index is 0.000227. The summed E-state index contributed by atoms with van der Waals surface area (Å²) in [5.74, 6) is 0.000227. The number of hydrogen-bond donors (Lipinski definition) is 1. The van der Waals surface area contributed by atoms with Gasteiger partial charge in [0.05, 0.1) is 0 Å². The number of anilines is 1. The highest BCUT2D eigenvalue weighted by Crippen LogP contribution is 2.21. The molecule has 3 rings (SSSR count). The summed E-state index contributed by atoms with van der Waals surface area (Å²) < 4.78 is 0. The van der Waals surface area contributed by atoms with Gasteiger partial charge in [-0.2, -0.15) is 0 Å². The van der Waals surface area contributed by atoms with Gasteiger partial charge in [0.25, 0.3) is 5.91 Å². The Bertz CT molecular complexity index is 764. The Hall–Kier alpha value is -2.37. The molecule has 1 amide bonds. The minimum atomic E-state index is 0.000227. The third-order valence-electron chi connectivity index (χ3n) is 5.30. The number of piperazine rings is 1. The second kappa shape index (κ2) is 9.71. The van der Waals surface area contributed by atoms with E-state index >= 15 is 0 Å². The van der Waals surface area contributed by atoms with Gasteiger partial charge >= 0.3 is 0 Å². The summed E-state index contributed by atoms with van der Waals surface area (Å²) >= 11 is 0. The van der Waals surface area contributed by atoms with Crippen LogP contribution in [0.25, 0.3) is 0 Å². The van der Waals surface area contributed by atoms with Crippen LogP contribution in [0.2, 0.25) is 0 Å². The van der Waals surface area contributed by atoms with Crippen molar-refractivity contribution in [1.29, 1.82) is 0 Å². The molecule has 1 N–H and O–H groups in total. The lowest BCUT2D eigenvalue weighted by Crippen LogP contribution is -2.46. The first-order valence-corrected chi connectivity index (χ1v) is 10.1. The lowest BCUT2D eigenvalue weighted by molar-refractivity contribution is 0.0951. The maximum atomic E-state index is 12.2. The van der Waals surface area contributed by atoms with E-state index in [1.807, 2.05) is 26.2 Å². The number of aryl methyl sites for hydroxylation is 1. The van der Waals surface area contributed by atoms with E-state index in [1.165, 1.54) is 16.8 Å². The first-order valence-electron chi connectivity index (χ1n) is 10.1. The summed E-state index contributed by atoms with van der Waals surface area (Å²) in [6.07, 6.45) is 0. The van der Waals surface area contributed by atoms with Crippen molar-refractivity contribution in [2.75, 3.05) is 58.3 Å². The Morgan fingerprint density at radius 1 is 1.00 bits per heavy atom. The average Bonchev–Trinajstić information content (AvgIpc) is 2.69. The highest BCUT2D eigenvalue weighted by atomic mass is 16.1. The van der Waals surface area contributed by atoms with Crippen molar-refractivity contribution < 1.29 is 4.79 Å². The second-order valence-corrected chi connectivity index (χ2v) is 7.81. The van der Waals surface area contributed by atoms with Crippen LogP contribution in [0, 0.1) is 6.92 Å². The summed E-state index contributed by atoms with van der Waals surface area (Å²) in [5.41, 5.74) is 4.68. The highest BCUT2D eigenvalue weighted by molar-refractivity contribution is 5.94. The van der Waals surface area contributed by atoms with Crippen LogP contribution in [0.1, 0.15) is 21.5 Å². The molecule has 0 aliphatic carbocycles. The van der Waals surface area contributed by atoms with E-state index in [4.69, 9.17) is 0 Å². The number of carbonyl (C=O) groups is 1. The van der Waals surface area contributed by atoms with Crippen molar-refractivity contribution in [1.82, 2.24) is 15.1 Å². The van der Waals surface area contributed by atoms with Crippen LogP contribution in [-0.4, -0.2) is 69.1 Å². The summed E-state index contributed by atoms with van der Waals surface area (Å²) in [4.78, 5) is 19.2. The molecule has 5 heteroatoms. The minimum Gasteiger partial charge on any atom is -0.369 e. The third-order valence-corrected chi connectivity index (χ3v) is 5.30. The van der Waals surface area contributed by atoms with Crippen molar-refractivity contribution in [3.05, 3.63) is 65.2 Å². The number of carbonyl (C=O) groups excluding carboxylic acids is 1. The Balaban J connectivity index is 1.47. The van der Waals surface area contributed by atoms with Gasteiger partial charge in [-0.25, -0.2) is 0 Å². The standard InChI is InChI=1S/C23H32N4O/c1-19-6-4-5-7-22(19)27-16-14-26(15-17-27)18-20-8-10-21(11-9-20)23(28)24-12-13-25(2)3/h4-11H,12-18H2,1-3H3,(H,24,28). The van der Waals surface area contributed by atoms with E-state index in [0.29, 0.717) is 6.54 Å². The topological polar surface area (TPSA) is 38.8 Å². The number of likely N-dealkylation sites (N-methyl/N-ethyl adjacent to an activating group) is 1. The SMILES string of the molecule is Cc1ccccc1N1CCN(Cc2ccc(C(=O)NCCN(C)C)cc2)CC1. The average molecular weight is 381 g/mol. The predicted octanol–water partition coefficient (Wildman–Crippen LogP) is 2.61. The molecule has 0 unspecified atom stereocenters. The number of nitrogens with zero attached hydrogens (tertiary/aromatic N) is 3. The van der Waals surface area contributed by atoms with Crippen molar-refractivity contribution in [2.24, 2.45) is 0 Å². The molecule has 0 spiro atoms. The Kier molecular flexibility index (Phi) is 7.06. The van der Waals surface area contributed by atoms with Crippen LogP contribution >= 0.6 is 0 Å². The van der Waals surface area contributed by atoms with Crippen LogP contribution in [0.5, 0.6) is 0 Å². The lowest BCUT2D eigenvalue weighted by atomic mass is 10.1. The van der Waals surface area contributed by atoms with Gasteiger partial charge in [0.1, 0.15) is 0 Å². The zero-order valence-corrected chi connectivity index (χ0v) is 17.3. The van der Waals surface area contributed by atoms with Crippen molar-refractivity contribution >= 4 is 11.6 Å². The Morgan fingerprint density at radius 3 is 2.32 bits per heavy atom. The molecule has 5 nitrogen and oxygen atoms in total. The molecule has 1 aliphatic rings. The number of para-hydroxylation sites is 1. The normalized spacial score (nSPS) is 15.1.